The second-order valence-corrected chi connectivity index (χ2v) is 18.1. The van der Waals surface area contributed by atoms with E-state index in [4.69, 9.17) is 9.16 Å². The fourth-order valence-corrected chi connectivity index (χ4v) is 6.83. The molecule has 1 fully saturated rings. The minimum Gasteiger partial charge on any atom is -0.416 e. The number of azo groups is 2. The number of benzene rings is 2. The van der Waals surface area contributed by atoms with Crippen LogP contribution in [0.15, 0.2) is 75.1 Å². The summed E-state index contributed by atoms with van der Waals surface area (Å²) in [5, 5.41) is 19.3. The Labute approximate surface area is 244 Å². The van der Waals surface area contributed by atoms with Gasteiger partial charge in [-0.05, 0) is 72.6 Å². The molecule has 0 aliphatic carbocycles. The van der Waals surface area contributed by atoms with Crippen LogP contribution in [0.4, 0.5) is 27.2 Å². The lowest BCUT2D eigenvalue weighted by Crippen LogP contribution is -2.41. The summed E-state index contributed by atoms with van der Waals surface area (Å²) < 4.78 is 12.8. The molecule has 0 atom stereocenters. The lowest BCUT2D eigenvalue weighted by Gasteiger charge is -2.36. The van der Waals surface area contributed by atoms with Gasteiger partial charge in [0.1, 0.15) is 9.83 Å². The van der Waals surface area contributed by atoms with E-state index in [1.165, 1.54) is 33.9 Å². The van der Waals surface area contributed by atoms with Gasteiger partial charge >= 0.3 is 0 Å². The summed E-state index contributed by atoms with van der Waals surface area (Å²) in [6, 6.07) is 18.3. The summed E-state index contributed by atoms with van der Waals surface area (Å²) in [6.07, 6.45) is 0.899. The van der Waals surface area contributed by atoms with Crippen LogP contribution in [0.2, 0.25) is 18.1 Å². The molecule has 8 nitrogen and oxygen atoms in total. The number of thiazole rings is 1. The quantitative estimate of drug-likeness (QED) is 0.143. The number of fused-ring (bicyclic) bond motifs is 1. The van der Waals surface area contributed by atoms with E-state index in [-0.39, 0.29) is 5.04 Å². The number of morpholine rings is 1. The van der Waals surface area contributed by atoms with Crippen LogP contribution >= 0.6 is 22.7 Å². The van der Waals surface area contributed by atoms with Crippen molar-refractivity contribution >= 4 is 67.7 Å². The molecule has 1 saturated heterocycles. The third kappa shape index (κ3) is 7.27. The minimum absolute atomic E-state index is 0.227. The number of thiophene rings is 1. The van der Waals surface area contributed by atoms with Crippen molar-refractivity contribution in [2.75, 3.05) is 37.8 Å². The van der Waals surface area contributed by atoms with Gasteiger partial charge in [-0.3, -0.25) is 0 Å². The van der Waals surface area contributed by atoms with Gasteiger partial charge in [0.2, 0.25) is 5.13 Å². The molecule has 2 aromatic carbocycles. The molecule has 40 heavy (non-hydrogen) atoms. The molecule has 1 aliphatic rings. The van der Waals surface area contributed by atoms with E-state index < -0.39 is 8.32 Å². The molecule has 4 aromatic rings. The van der Waals surface area contributed by atoms with Crippen LogP contribution in [-0.2, 0) is 15.6 Å². The van der Waals surface area contributed by atoms with Gasteiger partial charge in [0.25, 0.3) is 0 Å². The molecule has 5 rings (SSSR count). The van der Waals surface area contributed by atoms with Gasteiger partial charge in [0, 0.05) is 25.4 Å². The van der Waals surface area contributed by atoms with Crippen LogP contribution in [0.5, 0.6) is 0 Å². The van der Waals surface area contributed by atoms with Gasteiger partial charge in [-0.2, -0.15) is 0 Å². The molecule has 210 valence electrons. The summed E-state index contributed by atoms with van der Waals surface area (Å²) in [5.41, 5.74) is 4.06. The molecule has 0 amide bonds. The van der Waals surface area contributed by atoms with Crippen molar-refractivity contribution in [3.05, 3.63) is 60.2 Å². The van der Waals surface area contributed by atoms with E-state index in [0.29, 0.717) is 5.13 Å². The number of nitrogens with zero attached hydrogens (tertiary/aromatic N) is 6. The Bertz CT molecular complexity index is 1440. The first-order valence-corrected chi connectivity index (χ1v) is 18.1. The van der Waals surface area contributed by atoms with Gasteiger partial charge in [-0.15, -0.1) is 20.5 Å². The molecule has 0 bridgehead atoms. The predicted octanol–water partition coefficient (Wildman–Crippen LogP) is 9.59. The van der Waals surface area contributed by atoms with Crippen molar-refractivity contribution in [1.82, 2.24) is 4.98 Å². The van der Waals surface area contributed by atoms with Crippen molar-refractivity contribution in [3.63, 3.8) is 0 Å². The Morgan fingerprint density at radius 2 is 1.55 bits per heavy atom. The zero-order chi connectivity index (χ0) is 28.2. The van der Waals surface area contributed by atoms with Crippen molar-refractivity contribution in [1.29, 1.82) is 0 Å². The maximum Gasteiger partial charge on any atom is 0.231 e. The van der Waals surface area contributed by atoms with Gasteiger partial charge in [-0.25, -0.2) is 4.98 Å². The highest BCUT2D eigenvalue weighted by atomic mass is 32.1. The largest absolute Gasteiger partial charge is 0.416 e. The third-order valence-electron chi connectivity index (χ3n) is 7.40. The van der Waals surface area contributed by atoms with Gasteiger partial charge < -0.3 is 14.1 Å². The average molecular weight is 593 g/mol. The van der Waals surface area contributed by atoms with Crippen LogP contribution < -0.4 is 4.90 Å². The Hall–Kier alpha value is -2.83. The number of ether oxygens (including phenoxy) is 1. The van der Waals surface area contributed by atoms with Crippen LogP contribution in [0.3, 0.4) is 0 Å². The number of hydrogen-bond donors (Lipinski definition) is 0. The number of hydrogen-bond acceptors (Lipinski definition) is 10. The normalized spacial score (nSPS) is 15.2. The first-order valence-electron chi connectivity index (χ1n) is 13.6. The summed E-state index contributed by atoms with van der Waals surface area (Å²) in [6.45, 7) is 15.5. The molecule has 1 aliphatic heterocycles. The topological polar surface area (TPSA) is 84.0 Å². The summed E-state index contributed by atoms with van der Waals surface area (Å²) in [4.78, 5) is 7.82. The smallest absolute Gasteiger partial charge is 0.231 e. The van der Waals surface area contributed by atoms with Crippen LogP contribution in [0.1, 0.15) is 26.3 Å². The Morgan fingerprint density at radius 1 is 0.900 bits per heavy atom. The second kappa shape index (κ2) is 12.4. The lowest BCUT2D eigenvalue weighted by molar-refractivity contribution is 0.122. The zero-order valence-corrected chi connectivity index (χ0v) is 26.4. The predicted molar refractivity (Wildman–Crippen MR) is 169 cm³/mol. The van der Waals surface area contributed by atoms with Gasteiger partial charge in [-0.1, -0.05) is 55.6 Å². The zero-order valence-electron chi connectivity index (χ0n) is 23.8. The van der Waals surface area contributed by atoms with Gasteiger partial charge in [0.05, 0.1) is 29.3 Å². The highest BCUT2D eigenvalue weighted by molar-refractivity contribution is 7.30. The summed E-state index contributed by atoms with van der Waals surface area (Å²) >= 11 is 3.01. The average Bonchev–Trinajstić information content (AvgIpc) is 3.50. The molecular weight excluding hydrogens is 557 g/mol. The first kappa shape index (κ1) is 28.7. The van der Waals surface area contributed by atoms with Crippen molar-refractivity contribution < 1.29 is 9.16 Å². The second-order valence-electron chi connectivity index (χ2n) is 11.3. The van der Waals surface area contributed by atoms with E-state index >= 15 is 0 Å². The highest BCUT2D eigenvalue weighted by Gasteiger charge is 2.36. The van der Waals surface area contributed by atoms with Crippen LogP contribution in [-0.4, -0.2) is 46.2 Å². The standard InChI is InChI=1S/C29H36N6O2S2Si/c1-29(2,3)40(4,5)37-17-14-21-6-8-22(9-7-21)31-33-26-20-25-27(39-26)30-28(38-25)34-32-23-10-12-24(13-11-23)35-15-18-36-19-16-35/h6-13,20H,14-19H2,1-5H3. The maximum absolute atomic E-state index is 6.30. The molecular formula is C29H36N6O2S2Si. The van der Waals surface area contributed by atoms with E-state index in [2.05, 4.69) is 88.5 Å². The fraction of sp³-hybridized carbons (Fsp3) is 0.414. The van der Waals surface area contributed by atoms with E-state index in [0.717, 1.165) is 65.2 Å². The maximum atomic E-state index is 6.30. The molecule has 0 radical (unpaired) electrons. The molecule has 11 heteroatoms. The Morgan fingerprint density at radius 3 is 2.20 bits per heavy atom. The van der Waals surface area contributed by atoms with Crippen LogP contribution in [0.25, 0.3) is 9.53 Å². The summed E-state index contributed by atoms with van der Waals surface area (Å²) in [5.74, 6) is 0. The highest BCUT2D eigenvalue weighted by Crippen LogP contribution is 2.39. The SMILES string of the molecule is CC(C)(C)[Si](C)(C)OCCc1ccc(N=Nc2cc3sc(N=Nc4ccc(N5CCOCC5)cc4)nc3s2)cc1. The van der Waals surface area contributed by atoms with Crippen molar-refractivity contribution in [3.8, 4) is 0 Å². The summed E-state index contributed by atoms with van der Waals surface area (Å²) in [7, 11) is -1.71. The lowest BCUT2D eigenvalue weighted by atomic mass is 10.1. The molecule has 0 saturated carbocycles. The van der Waals surface area contributed by atoms with Gasteiger partial charge in [0.15, 0.2) is 8.32 Å². The molecule has 3 heterocycles. The van der Waals surface area contributed by atoms with Crippen molar-refractivity contribution in [2.24, 2.45) is 20.5 Å². The monoisotopic (exact) mass is 592 g/mol. The van der Waals surface area contributed by atoms with Crippen LogP contribution in [0, 0.1) is 0 Å². The first-order chi connectivity index (χ1) is 19.2. The molecule has 2 aromatic heterocycles. The molecule has 0 unspecified atom stereocenters. The van der Waals surface area contributed by atoms with E-state index in [9.17, 15) is 0 Å². The Kier molecular flexibility index (Phi) is 8.86. The minimum atomic E-state index is -1.71. The molecule has 0 spiro atoms. The fourth-order valence-electron chi connectivity index (χ4n) is 3.93. The number of aromatic nitrogens is 1. The van der Waals surface area contributed by atoms with Crippen molar-refractivity contribution in [2.45, 2.75) is 45.3 Å². The number of anilines is 1. The van der Waals surface area contributed by atoms with E-state index in [1.54, 1.807) is 0 Å². The third-order valence-corrected chi connectivity index (χ3v) is 13.9. The number of rotatable bonds is 9. The molecule has 0 N–H and O–H groups in total. The Balaban J connectivity index is 1.14. The van der Waals surface area contributed by atoms with E-state index in [1.807, 2.05) is 30.3 Å².